The number of fused-ring (bicyclic) bond motifs is 1. The van der Waals surface area contributed by atoms with E-state index in [0.717, 1.165) is 6.42 Å². The van der Waals surface area contributed by atoms with E-state index in [1.807, 2.05) is 0 Å². The molecular formula is C14H11Zr-. The van der Waals surface area contributed by atoms with Crippen LogP contribution in [0.1, 0.15) is 23.5 Å². The Labute approximate surface area is 110 Å². The van der Waals surface area contributed by atoms with Gasteiger partial charge in [0, 0.05) is 26.2 Å². The molecule has 1 atom stereocenters. The van der Waals surface area contributed by atoms with Crippen molar-refractivity contribution in [1.82, 2.24) is 0 Å². The van der Waals surface area contributed by atoms with Crippen LogP contribution in [0.3, 0.4) is 0 Å². The zero-order chi connectivity index (χ0) is 9.38. The molecule has 1 aromatic rings. The van der Waals surface area contributed by atoms with Gasteiger partial charge < -0.3 is 0 Å². The van der Waals surface area contributed by atoms with Crippen LogP contribution < -0.4 is 0 Å². The fourth-order valence-electron chi connectivity index (χ4n) is 2.16. The predicted molar refractivity (Wildman–Crippen MR) is 58.7 cm³/mol. The first-order valence-corrected chi connectivity index (χ1v) is 4.99. The smallest absolute Gasteiger partial charge is 0 e. The molecule has 1 heteroatoms. The summed E-state index contributed by atoms with van der Waals surface area (Å²) in [5, 5.41) is 0. The van der Waals surface area contributed by atoms with E-state index in [1.165, 1.54) is 16.7 Å². The van der Waals surface area contributed by atoms with Gasteiger partial charge in [0.15, 0.2) is 0 Å². The maximum Gasteiger partial charge on any atom is 0 e. The minimum absolute atomic E-state index is 0. The number of benzene rings is 1. The summed E-state index contributed by atoms with van der Waals surface area (Å²) in [6, 6.07) is 8.58. The molecule has 15 heavy (non-hydrogen) atoms. The summed E-state index contributed by atoms with van der Waals surface area (Å²) >= 11 is 0. The SMILES string of the molecule is [C-]1=C(C2C=Cc3ccccc32)C=CC1.[Zr]. The molecule has 1 aromatic carbocycles. The van der Waals surface area contributed by atoms with Gasteiger partial charge in [0.25, 0.3) is 0 Å². The number of hydrogen-bond acceptors (Lipinski definition) is 0. The van der Waals surface area contributed by atoms with Crippen LogP contribution in [0.15, 0.2) is 48.1 Å². The van der Waals surface area contributed by atoms with Crippen LogP contribution in [0.2, 0.25) is 0 Å². The Morgan fingerprint density at radius 3 is 2.80 bits per heavy atom. The van der Waals surface area contributed by atoms with Crippen LogP contribution in [0.25, 0.3) is 6.08 Å². The second-order valence-electron chi connectivity index (χ2n) is 3.70. The molecule has 0 saturated heterocycles. The molecule has 0 fully saturated rings. The quantitative estimate of drug-likeness (QED) is 0.685. The number of rotatable bonds is 1. The molecule has 0 aromatic heterocycles. The Kier molecular flexibility index (Phi) is 3.21. The summed E-state index contributed by atoms with van der Waals surface area (Å²) in [4.78, 5) is 0. The molecule has 0 saturated carbocycles. The van der Waals surface area contributed by atoms with Gasteiger partial charge in [-0.2, -0.15) is 6.08 Å². The van der Waals surface area contributed by atoms with E-state index in [4.69, 9.17) is 0 Å². The Morgan fingerprint density at radius 2 is 2.00 bits per heavy atom. The molecule has 72 valence electrons. The first kappa shape index (κ1) is 10.8. The summed E-state index contributed by atoms with van der Waals surface area (Å²) in [6.07, 6.45) is 13.2. The zero-order valence-corrected chi connectivity index (χ0v) is 10.9. The Hall–Kier alpha value is -0.677. The maximum atomic E-state index is 3.39. The molecule has 0 N–H and O–H groups in total. The normalized spacial score (nSPS) is 21.1. The van der Waals surface area contributed by atoms with Gasteiger partial charge >= 0.3 is 0 Å². The molecule has 0 nitrogen and oxygen atoms in total. The van der Waals surface area contributed by atoms with Gasteiger partial charge in [0.05, 0.1) is 0 Å². The summed E-state index contributed by atoms with van der Waals surface area (Å²) in [5.74, 6) is 0.449. The molecule has 0 amide bonds. The number of hydrogen-bond donors (Lipinski definition) is 0. The van der Waals surface area contributed by atoms with Crippen molar-refractivity contribution in [3.05, 3.63) is 65.3 Å². The molecule has 3 rings (SSSR count). The van der Waals surface area contributed by atoms with Gasteiger partial charge in [0.1, 0.15) is 0 Å². The van der Waals surface area contributed by atoms with Crippen LogP contribution >= 0.6 is 0 Å². The van der Waals surface area contributed by atoms with Crippen molar-refractivity contribution >= 4 is 6.08 Å². The first-order valence-electron chi connectivity index (χ1n) is 4.99. The van der Waals surface area contributed by atoms with E-state index in [1.54, 1.807) is 0 Å². The van der Waals surface area contributed by atoms with Crippen LogP contribution in [-0.2, 0) is 26.2 Å². The monoisotopic (exact) mass is 269 g/mol. The molecule has 0 heterocycles. The topological polar surface area (TPSA) is 0 Å². The summed E-state index contributed by atoms with van der Waals surface area (Å²) in [5.41, 5.74) is 4.10. The fraction of sp³-hybridized carbons (Fsp3) is 0.143. The van der Waals surface area contributed by atoms with Crippen molar-refractivity contribution in [2.45, 2.75) is 12.3 Å². The Balaban J connectivity index is 0.000000853. The van der Waals surface area contributed by atoms with Crippen molar-refractivity contribution < 1.29 is 26.2 Å². The van der Waals surface area contributed by atoms with E-state index in [2.05, 4.69) is 54.6 Å². The zero-order valence-electron chi connectivity index (χ0n) is 8.40. The van der Waals surface area contributed by atoms with Crippen LogP contribution in [0, 0.1) is 6.08 Å². The van der Waals surface area contributed by atoms with E-state index in [0.29, 0.717) is 5.92 Å². The summed E-state index contributed by atoms with van der Waals surface area (Å²) in [7, 11) is 0. The third-order valence-corrected chi connectivity index (χ3v) is 2.86. The average Bonchev–Trinajstić information content (AvgIpc) is 2.85. The largest absolute Gasteiger partial charge is 0.269 e. The third kappa shape index (κ3) is 1.86. The van der Waals surface area contributed by atoms with E-state index in [-0.39, 0.29) is 26.2 Å². The number of allylic oxidation sites excluding steroid dienone is 5. The second-order valence-corrected chi connectivity index (χ2v) is 3.70. The molecule has 0 spiro atoms. The van der Waals surface area contributed by atoms with Crippen molar-refractivity contribution in [3.8, 4) is 0 Å². The van der Waals surface area contributed by atoms with Gasteiger partial charge in [-0.3, -0.25) is 6.08 Å². The first-order chi connectivity index (χ1) is 6.95. The summed E-state index contributed by atoms with van der Waals surface area (Å²) in [6.45, 7) is 0. The minimum atomic E-state index is 0. The van der Waals surface area contributed by atoms with Gasteiger partial charge in [-0.25, -0.2) is 11.6 Å². The second kappa shape index (κ2) is 4.45. The van der Waals surface area contributed by atoms with Crippen LogP contribution in [0.4, 0.5) is 0 Å². The van der Waals surface area contributed by atoms with Crippen LogP contribution in [-0.4, -0.2) is 0 Å². The van der Waals surface area contributed by atoms with Gasteiger partial charge in [0.2, 0.25) is 0 Å². The molecule has 2 aliphatic carbocycles. The van der Waals surface area contributed by atoms with Crippen molar-refractivity contribution in [2.75, 3.05) is 0 Å². The molecule has 2 aliphatic rings. The molecule has 0 bridgehead atoms. The van der Waals surface area contributed by atoms with Crippen LogP contribution in [0.5, 0.6) is 0 Å². The van der Waals surface area contributed by atoms with E-state index >= 15 is 0 Å². The average molecular weight is 270 g/mol. The van der Waals surface area contributed by atoms with E-state index in [9.17, 15) is 0 Å². The summed E-state index contributed by atoms with van der Waals surface area (Å²) < 4.78 is 0. The van der Waals surface area contributed by atoms with Crippen molar-refractivity contribution in [3.63, 3.8) is 0 Å². The van der Waals surface area contributed by atoms with Crippen molar-refractivity contribution in [1.29, 1.82) is 0 Å². The maximum absolute atomic E-state index is 3.39. The van der Waals surface area contributed by atoms with Gasteiger partial charge in [-0.05, 0) is 17.0 Å². The molecule has 1 unspecified atom stereocenters. The Bertz CT molecular complexity index is 452. The molecule has 0 aliphatic heterocycles. The fourth-order valence-corrected chi connectivity index (χ4v) is 2.16. The molecule has 0 radical (unpaired) electrons. The van der Waals surface area contributed by atoms with Gasteiger partial charge in [-0.15, -0.1) is 6.42 Å². The minimum Gasteiger partial charge on any atom is -0.269 e. The standard InChI is InChI=1S/C14H11.Zr/c1-2-6-11(5-1)14-10-9-12-7-3-4-8-13(12)14;/h1,3-5,7-10,14H,2H2;/q-1;. The molecular weight excluding hydrogens is 259 g/mol. The third-order valence-electron chi connectivity index (χ3n) is 2.86. The van der Waals surface area contributed by atoms with E-state index < -0.39 is 0 Å². The Morgan fingerprint density at radius 1 is 1.13 bits per heavy atom. The van der Waals surface area contributed by atoms with Crippen molar-refractivity contribution in [2.24, 2.45) is 0 Å². The predicted octanol–water partition coefficient (Wildman–Crippen LogP) is 3.48. The van der Waals surface area contributed by atoms with Gasteiger partial charge in [-0.1, -0.05) is 36.4 Å².